The van der Waals surface area contributed by atoms with Crippen LogP contribution in [0.3, 0.4) is 0 Å². The van der Waals surface area contributed by atoms with Crippen LogP contribution < -0.4 is 10.4 Å². The SMILES string of the molecule is CCCc1cc2c(O)c([N+](=O)[O-])c(=O)oc2cc1OC. The highest BCUT2D eigenvalue weighted by molar-refractivity contribution is 5.88. The fraction of sp³-hybridized carbons (Fsp3) is 0.308. The van der Waals surface area contributed by atoms with Crippen LogP contribution in [-0.4, -0.2) is 17.1 Å². The van der Waals surface area contributed by atoms with Gasteiger partial charge < -0.3 is 14.3 Å². The van der Waals surface area contributed by atoms with Gasteiger partial charge in [-0.3, -0.25) is 10.1 Å². The quantitative estimate of drug-likeness (QED) is 0.523. The summed E-state index contributed by atoms with van der Waals surface area (Å²) < 4.78 is 10.1. The number of aryl methyl sites for hydroxylation is 1. The molecule has 0 aliphatic carbocycles. The van der Waals surface area contributed by atoms with Gasteiger partial charge in [-0.05, 0) is 18.1 Å². The van der Waals surface area contributed by atoms with Crippen LogP contribution in [0.1, 0.15) is 18.9 Å². The Morgan fingerprint density at radius 2 is 2.15 bits per heavy atom. The maximum Gasteiger partial charge on any atom is 0.419 e. The Kier molecular flexibility index (Phi) is 3.60. The first-order valence-corrected chi connectivity index (χ1v) is 6.00. The molecular formula is C13H13NO6. The maximum atomic E-state index is 11.5. The summed E-state index contributed by atoms with van der Waals surface area (Å²) in [7, 11) is 1.48. The van der Waals surface area contributed by atoms with Crippen molar-refractivity contribution in [1.29, 1.82) is 0 Å². The lowest BCUT2D eigenvalue weighted by atomic mass is 10.1. The average Bonchev–Trinajstić information content (AvgIpc) is 2.38. The molecular weight excluding hydrogens is 266 g/mol. The third kappa shape index (κ3) is 2.18. The summed E-state index contributed by atoms with van der Waals surface area (Å²) in [5, 5.41) is 20.8. The molecule has 0 spiro atoms. The molecule has 0 amide bonds. The largest absolute Gasteiger partial charge is 0.501 e. The second-order valence-electron chi connectivity index (χ2n) is 4.25. The van der Waals surface area contributed by atoms with E-state index < -0.39 is 22.0 Å². The topological polar surface area (TPSA) is 103 Å². The fourth-order valence-corrected chi connectivity index (χ4v) is 2.06. The fourth-order valence-electron chi connectivity index (χ4n) is 2.06. The number of benzene rings is 1. The van der Waals surface area contributed by atoms with Gasteiger partial charge in [0.1, 0.15) is 11.3 Å². The molecule has 0 saturated carbocycles. The summed E-state index contributed by atoms with van der Waals surface area (Å²) in [6, 6.07) is 2.99. The number of methoxy groups -OCH3 is 1. The van der Waals surface area contributed by atoms with Gasteiger partial charge in [0.2, 0.25) is 5.75 Å². The van der Waals surface area contributed by atoms with E-state index in [4.69, 9.17) is 9.15 Å². The molecule has 0 bridgehead atoms. The highest BCUT2D eigenvalue weighted by atomic mass is 16.6. The van der Waals surface area contributed by atoms with Crippen LogP contribution in [0.25, 0.3) is 11.0 Å². The number of rotatable bonds is 4. The van der Waals surface area contributed by atoms with E-state index in [1.807, 2.05) is 6.92 Å². The van der Waals surface area contributed by atoms with Gasteiger partial charge in [0.15, 0.2) is 0 Å². The van der Waals surface area contributed by atoms with Gasteiger partial charge in [-0.1, -0.05) is 13.3 Å². The minimum atomic E-state index is -1.19. The summed E-state index contributed by atoms with van der Waals surface area (Å²) in [5.74, 6) is -0.169. The van der Waals surface area contributed by atoms with Crippen LogP contribution in [0.2, 0.25) is 0 Å². The van der Waals surface area contributed by atoms with E-state index in [0.717, 1.165) is 12.0 Å². The monoisotopic (exact) mass is 279 g/mol. The molecule has 0 fully saturated rings. The summed E-state index contributed by atoms with van der Waals surface area (Å²) >= 11 is 0. The van der Waals surface area contributed by atoms with Crippen LogP contribution in [0, 0.1) is 10.1 Å². The van der Waals surface area contributed by atoms with Crippen molar-refractivity contribution in [3.8, 4) is 11.5 Å². The minimum absolute atomic E-state index is 0.0507. The first-order chi connectivity index (χ1) is 9.49. The Bertz CT molecular complexity index is 734. The number of nitro groups is 1. The van der Waals surface area contributed by atoms with Crippen LogP contribution in [0.4, 0.5) is 5.69 Å². The zero-order chi connectivity index (χ0) is 14.9. The van der Waals surface area contributed by atoms with Crippen molar-refractivity contribution < 1.29 is 19.2 Å². The molecule has 20 heavy (non-hydrogen) atoms. The van der Waals surface area contributed by atoms with E-state index in [1.165, 1.54) is 13.2 Å². The van der Waals surface area contributed by atoms with E-state index in [1.54, 1.807) is 6.07 Å². The lowest BCUT2D eigenvalue weighted by Crippen LogP contribution is -2.07. The van der Waals surface area contributed by atoms with Crippen molar-refractivity contribution in [2.24, 2.45) is 0 Å². The molecule has 7 heteroatoms. The Balaban J connectivity index is 2.83. The molecule has 2 aromatic rings. The highest BCUT2D eigenvalue weighted by Gasteiger charge is 2.25. The van der Waals surface area contributed by atoms with Crippen molar-refractivity contribution in [2.75, 3.05) is 7.11 Å². The molecule has 0 atom stereocenters. The second-order valence-corrected chi connectivity index (χ2v) is 4.25. The molecule has 1 aromatic heterocycles. The molecule has 0 aliphatic rings. The lowest BCUT2D eigenvalue weighted by molar-refractivity contribution is -0.388. The zero-order valence-electron chi connectivity index (χ0n) is 11.0. The standard InChI is InChI=1S/C13H13NO6/c1-3-4-7-5-8-10(6-9(7)19-2)20-13(16)11(12(8)15)14(17)18/h5-6,15H,3-4H2,1-2H3. The number of fused-ring (bicyclic) bond motifs is 1. The predicted molar refractivity (Wildman–Crippen MR) is 71.4 cm³/mol. The Morgan fingerprint density at radius 1 is 1.45 bits per heavy atom. The van der Waals surface area contributed by atoms with Gasteiger partial charge in [-0.25, -0.2) is 4.79 Å². The van der Waals surface area contributed by atoms with Gasteiger partial charge in [-0.2, -0.15) is 0 Å². The molecule has 7 nitrogen and oxygen atoms in total. The molecule has 1 N–H and O–H groups in total. The number of ether oxygens (including phenoxy) is 1. The first-order valence-electron chi connectivity index (χ1n) is 6.00. The smallest absolute Gasteiger partial charge is 0.419 e. The Labute approximate surface area is 113 Å². The Hall–Kier alpha value is -2.57. The molecule has 2 rings (SSSR count). The van der Waals surface area contributed by atoms with Crippen molar-refractivity contribution in [1.82, 2.24) is 0 Å². The van der Waals surface area contributed by atoms with E-state index in [2.05, 4.69) is 0 Å². The summed E-state index contributed by atoms with van der Waals surface area (Å²) in [6.07, 6.45) is 1.51. The maximum absolute atomic E-state index is 11.5. The van der Waals surface area contributed by atoms with Gasteiger partial charge in [0.05, 0.1) is 17.4 Å². The number of hydrogen-bond acceptors (Lipinski definition) is 6. The number of aromatic hydroxyl groups is 1. The molecule has 0 saturated heterocycles. The van der Waals surface area contributed by atoms with Gasteiger partial charge in [-0.15, -0.1) is 0 Å². The first kappa shape index (κ1) is 13.9. The van der Waals surface area contributed by atoms with E-state index >= 15 is 0 Å². The van der Waals surface area contributed by atoms with Gasteiger partial charge in [0, 0.05) is 6.07 Å². The van der Waals surface area contributed by atoms with Crippen molar-refractivity contribution in [2.45, 2.75) is 19.8 Å². The highest BCUT2D eigenvalue weighted by Crippen LogP contribution is 2.35. The zero-order valence-corrected chi connectivity index (χ0v) is 11.0. The van der Waals surface area contributed by atoms with Crippen molar-refractivity contribution in [3.63, 3.8) is 0 Å². The van der Waals surface area contributed by atoms with Gasteiger partial charge >= 0.3 is 11.3 Å². The van der Waals surface area contributed by atoms with E-state index in [-0.39, 0.29) is 11.0 Å². The second kappa shape index (κ2) is 5.20. The van der Waals surface area contributed by atoms with Gasteiger partial charge in [0.25, 0.3) is 0 Å². The average molecular weight is 279 g/mol. The minimum Gasteiger partial charge on any atom is -0.501 e. The van der Waals surface area contributed by atoms with Crippen LogP contribution >= 0.6 is 0 Å². The van der Waals surface area contributed by atoms with Crippen molar-refractivity contribution >= 4 is 16.7 Å². The van der Waals surface area contributed by atoms with Crippen LogP contribution in [0.5, 0.6) is 11.5 Å². The summed E-state index contributed by atoms with van der Waals surface area (Å²) in [4.78, 5) is 21.3. The molecule has 1 aromatic carbocycles. The summed E-state index contributed by atoms with van der Waals surface area (Å²) in [6.45, 7) is 1.97. The van der Waals surface area contributed by atoms with E-state index in [9.17, 15) is 20.0 Å². The number of hydrogen-bond donors (Lipinski definition) is 1. The van der Waals surface area contributed by atoms with Crippen LogP contribution in [-0.2, 0) is 6.42 Å². The van der Waals surface area contributed by atoms with Crippen LogP contribution in [0.15, 0.2) is 21.3 Å². The molecule has 0 aliphatic heterocycles. The predicted octanol–water partition coefficient (Wildman–Crippen LogP) is 2.37. The Morgan fingerprint density at radius 3 is 2.70 bits per heavy atom. The third-order valence-corrected chi connectivity index (χ3v) is 2.96. The molecule has 106 valence electrons. The number of nitrogens with zero attached hydrogens (tertiary/aromatic N) is 1. The molecule has 0 radical (unpaired) electrons. The summed E-state index contributed by atoms with van der Waals surface area (Å²) in [5.41, 5.74) is -1.31. The third-order valence-electron chi connectivity index (χ3n) is 2.96. The lowest BCUT2D eigenvalue weighted by Gasteiger charge is -2.09. The molecule has 0 unspecified atom stereocenters. The van der Waals surface area contributed by atoms with Crippen molar-refractivity contribution in [3.05, 3.63) is 38.2 Å². The molecule has 1 heterocycles. The van der Waals surface area contributed by atoms with E-state index in [0.29, 0.717) is 12.2 Å². The normalized spacial score (nSPS) is 10.7.